The number of hydrogen-bond acceptors (Lipinski definition) is 8. The van der Waals surface area contributed by atoms with E-state index in [0.717, 1.165) is 22.2 Å². The molecule has 2 saturated heterocycles. The number of halogens is 2. The van der Waals surface area contributed by atoms with Crippen molar-refractivity contribution in [1.29, 1.82) is 0 Å². The van der Waals surface area contributed by atoms with Crippen molar-refractivity contribution in [3.8, 4) is 5.75 Å². The molecule has 8 rings (SSSR count). The summed E-state index contributed by atoms with van der Waals surface area (Å²) in [5.74, 6) is -5.92. The van der Waals surface area contributed by atoms with E-state index < -0.39 is 52.6 Å². The van der Waals surface area contributed by atoms with Gasteiger partial charge in [-0.05, 0) is 110 Å². The van der Waals surface area contributed by atoms with Gasteiger partial charge in [0.1, 0.15) is 11.6 Å². The number of allylic oxidation sites excluding steroid dienone is 2. The molecule has 2 aliphatic heterocycles. The van der Waals surface area contributed by atoms with Gasteiger partial charge in [0.25, 0.3) is 0 Å². The minimum atomic E-state index is -1.31. The van der Waals surface area contributed by atoms with Gasteiger partial charge in [-0.2, -0.15) is 10.2 Å². The van der Waals surface area contributed by atoms with Crippen LogP contribution in [0.4, 0.5) is 32.8 Å². The van der Waals surface area contributed by atoms with Gasteiger partial charge >= 0.3 is 0 Å². The van der Waals surface area contributed by atoms with Gasteiger partial charge in [-0.1, -0.05) is 35.4 Å². The van der Waals surface area contributed by atoms with Crippen molar-refractivity contribution in [2.45, 2.75) is 25.7 Å². The minimum Gasteiger partial charge on any atom is -0.508 e. The number of hydrogen-bond donors (Lipinski definition) is 1. The molecule has 0 spiro atoms. The van der Waals surface area contributed by atoms with Crippen LogP contribution in [0, 0.1) is 34.9 Å². The number of amides is 4. The minimum absolute atomic E-state index is 0.0125. The number of carbonyl (C=O) groups excluding carboxylic acids is 4. The van der Waals surface area contributed by atoms with Crippen molar-refractivity contribution in [1.82, 2.24) is 0 Å². The Morgan fingerprint density at radius 1 is 0.811 bits per heavy atom. The van der Waals surface area contributed by atoms with Crippen molar-refractivity contribution in [3.63, 3.8) is 0 Å². The second-order valence-corrected chi connectivity index (χ2v) is 14.9. The lowest BCUT2D eigenvalue weighted by atomic mass is 9.51. The molecule has 0 bridgehead atoms. The summed E-state index contributed by atoms with van der Waals surface area (Å²) in [4.78, 5) is 61.6. The molecule has 0 unspecified atom stereocenters. The molecule has 268 valence electrons. The number of carbonyl (C=O) groups is 4. The molecular weight excluding hydrogens is 697 g/mol. The molecule has 4 amide bonds. The molecule has 53 heavy (non-hydrogen) atoms. The number of nitrogens with zero attached hydrogens (tertiary/aromatic N) is 5. The lowest BCUT2D eigenvalue weighted by Gasteiger charge is -2.49. The predicted molar refractivity (Wildman–Crippen MR) is 198 cm³/mol. The number of phenolic OH excluding ortho intramolecular Hbond substituents is 1. The van der Waals surface area contributed by atoms with Gasteiger partial charge in [-0.15, -0.1) is 0 Å². The highest BCUT2D eigenvalue weighted by Gasteiger charge is 2.67. The number of aromatic hydroxyl groups is 1. The summed E-state index contributed by atoms with van der Waals surface area (Å²) in [5, 5.41) is 18.9. The van der Waals surface area contributed by atoms with Gasteiger partial charge in [0.2, 0.25) is 23.6 Å². The molecule has 4 aromatic rings. The first kappa shape index (κ1) is 34.4. The zero-order chi connectivity index (χ0) is 37.3. The highest BCUT2D eigenvalue weighted by molar-refractivity contribution is 6.32. The SMILES string of the molecule is CN(C)c1ccc(N=Nc2ccc(N3C(=O)[C@H]4[C@H](CC=C5[C@H]4C[C@H]4C(=O)N(c6ccc(F)c(Cl)c6)C(=O)[C@@]4(C)[C@H]5c4cccc(O)c4)C3=O)cc2)cc1. The van der Waals surface area contributed by atoms with Crippen molar-refractivity contribution >= 4 is 63.7 Å². The summed E-state index contributed by atoms with van der Waals surface area (Å²) in [6.45, 7) is 1.74. The molecule has 3 fully saturated rings. The Balaban J connectivity index is 1.12. The second-order valence-electron chi connectivity index (χ2n) is 14.5. The van der Waals surface area contributed by atoms with E-state index in [4.69, 9.17) is 11.6 Å². The molecule has 4 aromatic carbocycles. The molecule has 2 heterocycles. The Morgan fingerprint density at radius 2 is 1.47 bits per heavy atom. The molecule has 12 heteroatoms. The van der Waals surface area contributed by atoms with E-state index in [0.29, 0.717) is 22.6 Å². The Bertz CT molecular complexity index is 2260. The molecule has 1 saturated carbocycles. The largest absolute Gasteiger partial charge is 0.508 e. The van der Waals surface area contributed by atoms with E-state index in [1.807, 2.05) is 49.3 Å². The molecule has 10 nitrogen and oxygen atoms in total. The topological polar surface area (TPSA) is 123 Å². The van der Waals surface area contributed by atoms with Crippen LogP contribution in [0.2, 0.25) is 5.02 Å². The van der Waals surface area contributed by atoms with Crippen LogP contribution in [0.3, 0.4) is 0 Å². The van der Waals surface area contributed by atoms with Crippen molar-refractivity contribution in [2.75, 3.05) is 28.8 Å². The number of benzene rings is 4. The number of rotatable bonds is 6. The number of anilines is 3. The lowest BCUT2D eigenvalue weighted by Crippen LogP contribution is -2.48. The number of fused-ring (bicyclic) bond motifs is 4. The molecule has 0 aromatic heterocycles. The maximum absolute atomic E-state index is 14.5. The molecule has 6 atom stereocenters. The van der Waals surface area contributed by atoms with Crippen molar-refractivity contribution < 1.29 is 28.7 Å². The second kappa shape index (κ2) is 12.8. The van der Waals surface area contributed by atoms with Crippen LogP contribution >= 0.6 is 11.6 Å². The quantitative estimate of drug-likeness (QED) is 0.122. The Labute approximate surface area is 310 Å². The van der Waals surface area contributed by atoms with Crippen molar-refractivity contribution in [2.24, 2.45) is 39.3 Å². The summed E-state index contributed by atoms with van der Waals surface area (Å²) >= 11 is 6.09. The first-order valence-electron chi connectivity index (χ1n) is 17.4. The lowest BCUT2D eigenvalue weighted by molar-refractivity contribution is -0.131. The highest BCUT2D eigenvalue weighted by Crippen LogP contribution is 2.64. The Kier molecular flexibility index (Phi) is 8.29. The van der Waals surface area contributed by atoms with Crippen LogP contribution in [0.15, 0.2) is 113 Å². The van der Waals surface area contributed by atoms with Gasteiger partial charge in [-0.25, -0.2) is 9.29 Å². The Hall–Kier alpha value is -5.68. The van der Waals surface area contributed by atoms with Gasteiger partial charge in [0, 0.05) is 25.7 Å². The van der Waals surface area contributed by atoms with Gasteiger partial charge in [-0.3, -0.25) is 24.1 Å². The average molecular weight is 732 g/mol. The fourth-order valence-electron chi connectivity index (χ4n) is 8.83. The van der Waals surface area contributed by atoms with E-state index in [9.17, 15) is 28.7 Å². The number of phenols is 1. The van der Waals surface area contributed by atoms with Gasteiger partial charge in [0.15, 0.2) is 0 Å². The first-order valence-corrected chi connectivity index (χ1v) is 17.8. The fourth-order valence-corrected chi connectivity index (χ4v) is 9.00. The van der Waals surface area contributed by atoms with Crippen LogP contribution in [-0.2, 0) is 19.2 Å². The third-order valence-electron chi connectivity index (χ3n) is 11.4. The third kappa shape index (κ3) is 5.44. The molecule has 0 radical (unpaired) electrons. The van der Waals surface area contributed by atoms with Crippen LogP contribution in [0.5, 0.6) is 5.75 Å². The van der Waals surface area contributed by atoms with Crippen molar-refractivity contribution in [3.05, 3.63) is 119 Å². The number of imide groups is 2. The average Bonchev–Trinajstić information content (AvgIpc) is 3.51. The fraction of sp³-hybridized carbons (Fsp3) is 0.268. The highest BCUT2D eigenvalue weighted by atomic mass is 35.5. The summed E-state index contributed by atoms with van der Waals surface area (Å²) in [6.07, 6.45) is 2.36. The van der Waals surface area contributed by atoms with Gasteiger partial charge in [0.05, 0.1) is 50.9 Å². The van der Waals surface area contributed by atoms with Crippen LogP contribution < -0.4 is 14.7 Å². The van der Waals surface area contributed by atoms with Crippen LogP contribution in [0.1, 0.15) is 31.2 Å². The van der Waals surface area contributed by atoms with E-state index in [-0.39, 0.29) is 41.1 Å². The van der Waals surface area contributed by atoms with E-state index in [1.54, 1.807) is 49.4 Å². The van der Waals surface area contributed by atoms with Crippen LogP contribution in [0.25, 0.3) is 0 Å². The molecule has 1 N–H and O–H groups in total. The van der Waals surface area contributed by atoms with Gasteiger partial charge < -0.3 is 10.0 Å². The maximum atomic E-state index is 14.5. The zero-order valence-electron chi connectivity index (χ0n) is 29.1. The monoisotopic (exact) mass is 731 g/mol. The smallest absolute Gasteiger partial charge is 0.241 e. The number of azo groups is 1. The summed E-state index contributed by atoms with van der Waals surface area (Å²) in [7, 11) is 3.91. The predicted octanol–water partition coefficient (Wildman–Crippen LogP) is 8.10. The van der Waals surface area contributed by atoms with E-state index in [2.05, 4.69) is 10.2 Å². The van der Waals surface area contributed by atoms with Crippen LogP contribution in [-0.4, -0.2) is 42.8 Å². The summed E-state index contributed by atoms with van der Waals surface area (Å²) in [6, 6.07) is 24.6. The van der Waals surface area contributed by atoms with E-state index in [1.165, 1.54) is 23.1 Å². The normalized spacial score (nSPS) is 26.5. The first-order chi connectivity index (χ1) is 25.4. The summed E-state index contributed by atoms with van der Waals surface area (Å²) < 4.78 is 14.1. The third-order valence-corrected chi connectivity index (χ3v) is 11.7. The summed E-state index contributed by atoms with van der Waals surface area (Å²) in [5.41, 5.74) is 2.89. The standard InChI is InChI=1S/C41H35ClFN5O5/c1-41-32(38(51)48(40(41)53)27-15-18-34(43)33(42)20-27)21-31-29(36(41)22-5-4-6-28(49)19-22)16-17-30-35(31)39(52)47(37(30)50)26-13-9-24(10-14-26)45-44-23-7-11-25(12-8-23)46(2)3/h4-16,18-20,30-32,35-36,49H,17,21H2,1-3H3/t30-,31+,32-,35-,36-,41+/m0/s1. The molecular formula is C41H35ClFN5O5. The zero-order valence-corrected chi connectivity index (χ0v) is 29.9. The Morgan fingerprint density at radius 3 is 2.11 bits per heavy atom. The molecule has 2 aliphatic carbocycles. The molecule has 4 aliphatic rings. The maximum Gasteiger partial charge on any atom is 0.241 e. The van der Waals surface area contributed by atoms with E-state index >= 15 is 0 Å².